The fraction of sp³-hybridized carbons (Fsp3) is 0.561. The van der Waals surface area contributed by atoms with E-state index in [4.69, 9.17) is 29.4 Å². The minimum absolute atomic E-state index is 0.0358. The van der Waals surface area contributed by atoms with Crippen molar-refractivity contribution in [2.45, 2.75) is 102 Å². The number of rotatable bonds is 18. The fourth-order valence-corrected chi connectivity index (χ4v) is 8.90. The highest BCUT2D eigenvalue weighted by Crippen LogP contribution is 2.40. The zero-order valence-corrected chi connectivity index (χ0v) is 32.7. The van der Waals surface area contributed by atoms with Crippen LogP contribution < -0.4 is 15.4 Å². The van der Waals surface area contributed by atoms with Crippen LogP contribution in [0.5, 0.6) is 5.75 Å². The summed E-state index contributed by atoms with van der Waals surface area (Å²) < 4.78 is 60.0. The summed E-state index contributed by atoms with van der Waals surface area (Å²) in [5.41, 5.74) is 11.2. The number of nitrogens with two attached hydrogens (primary N) is 1. The highest BCUT2D eigenvalue weighted by Gasteiger charge is 2.44. The largest absolute Gasteiger partial charge is 0.490 e. The molecule has 0 radical (unpaired) electrons. The van der Waals surface area contributed by atoms with Gasteiger partial charge in [-0.1, -0.05) is 48.0 Å². The topological polar surface area (TPSA) is 113 Å². The van der Waals surface area contributed by atoms with Crippen molar-refractivity contribution in [3.63, 3.8) is 0 Å². The van der Waals surface area contributed by atoms with Gasteiger partial charge in [0.05, 0.1) is 49.2 Å². The van der Waals surface area contributed by atoms with Crippen LogP contribution in [0.15, 0.2) is 71.6 Å². The molecule has 1 saturated heterocycles. The van der Waals surface area contributed by atoms with Gasteiger partial charge in [-0.3, -0.25) is 0 Å². The average Bonchev–Trinajstić information content (AvgIpc) is 3.11. The first-order chi connectivity index (χ1) is 24.9. The van der Waals surface area contributed by atoms with Crippen LogP contribution in [0.4, 0.5) is 5.69 Å². The van der Waals surface area contributed by atoms with Gasteiger partial charge in [0.25, 0.3) is 0 Å². The molecule has 10 nitrogen and oxygen atoms in total. The summed E-state index contributed by atoms with van der Waals surface area (Å²) >= 11 is 0. The first kappa shape index (κ1) is 40.2. The molecule has 0 aromatic heterocycles. The first-order valence-corrected chi connectivity index (χ1v) is 20.1. The maximum Gasteiger partial charge on any atom is 0.243 e. The highest BCUT2D eigenvalue weighted by molar-refractivity contribution is 7.89. The monoisotopic (exact) mass is 737 g/mol. The van der Waals surface area contributed by atoms with Crippen molar-refractivity contribution in [1.29, 1.82) is 0 Å². The molecule has 0 bridgehead atoms. The molecule has 3 aromatic carbocycles. The average molecular weight is 738 g/mol. The number of ether oxygens (including phenoxy) is 5. The Bertz CT molecular complexity index is 1660. The number of hydrogen-bond acceptors (Lipinski definition) is 9. The van der Waals surface area contributed by atoms with Gasteiger partial charge in [-0.25, -0.2) is 8.42 Å². The lowest BCUT2D eigenvalue weighted by Gasteiger charge is -2.45. The molecule has 2 N–H and O–H groups in total. The first-order valence-electron chi connectivity index (χ1n) is 18.6. The molecule has 3 aromatic rings. The van der Waals surface area contributed by atoms with E-state index in [1.807, 2.05) is 58.9 Å². The number of sulfonamides is 1. The highest BCUT2D eigenvalue weighted by atomic mass is 32.2. The number of methoxy groups -OCH3 is 1. The maximum absolute atomic E-state index is 14.4. The summed E-state index contributed by atoms with van der Waals surface area (Å²) in [5.74, 6) is 0.804. The van der Waals surface area contributed by atoms with Crippen LogP contribution in [0.2, 0.25) is 0 Å². The Hall–Kier alpha value is -3.03. The van der Waals surface area contributed by atoms with Crippen molar-refractivity contribution in [3.05, 3.63) is 89.0 Å². The Morgan fingerprint density at radius 1 is 1.02 bits per heavy atom. The van der Waals surface area contributed by atoms with Crippen LogP contribution in [0.1, 0.15) is 75.1 Å². The second-order valence-electron chi connectivity index (χ2n) is 14.9. The van der Waals surface area contributed by atoms with Crippen LogP contribution in [-0.2, 0) is 42.2 Å². The fourth-order valence-electron chi connectivity index (χ4n) is 7.25. The Balaban J connectivity index is 1.42. The Morgan fingerprint density at radius 2 is 1.75 bits per heavy atom. The smallest absolute Gasteiger partial charge is 0.243 e. The minimum atomic E-state index is -3.84. The van der Waals surface area contributed by atoms with Crippen LogP contribution in [0, 0.1) is 6.92 Å². The molecule has 0 saturated carbocycles. The molecule has 0 spiro atoms. The third-order valence-corrected chi connectivity index (χ3v) is 11.8. The molecule has 11 heteroatoms. The van der Waals surface area contributed by atoms with Gasteiger partial charge in [0.2, 0.25) is 10.0 Å². The normalized spacial score (nSPS) is 20.4. The zero-order chi connectivity index (χ0) is 37.3. The van der Waals surface area contributed by atoms with Crippen molar-refractivity contribution < 1.29 is 32.1 Å². The summed E-state index contributed by atoms with van der Waals surface area (Å²) in [7, 11) is -2.12. The molecule has 0 unspecified atom stereocenters. The number of piperidine rings is 1. The third kappa shape index (κ3) is 10.8. The van der Waals surface area contributed by atoms with E-state index in [0.29, 0.717) is 52.5 Å². The quantitative estimate of drug-likeness (QED) is 0.148. The van der Waals surface area contributed by atoms with E-state index >= 15 is 0 Å². The van der Waals surface area contributed by atoms with Crippen LogP contribution in [-0.4, -0.2) is 89.7 Å². The molecule has 0 aliphatic carbocycles. The third-order valence-electron chi connectivity index (χ3n) is 9.83. The van der Waals surface area contributed by atoms with Gasteiger partial charge in [0.15, 0.2) is 0 Å². The van der Waals surface area contributed by atoms with Crippen LogP contribution in [0.3, 0.4) is 0 Å². The van der Waals surface area contributed by atoms with Crippen LogP contribution >= 0.6 is 0 Å². The second-order valence-corrected chi connectivity index (χ2v) is 16.8. The number of aryl methyl sites for hydroxylation is 1. The molecule has 286 valence electrons. The molecule has 52 heavy (non-hydrogen) atoms. The van der Waals surface area contributed by atoms with Crippen molar-refractivity contribution in [1.82, 2.24) is 4.31 Å². The lowest BCUT2D eigenvalue weighted by molar-refractivity contribution is -0.0228. The van der Waals surface area contributed by atoms with Crippen molar-refractivity contribution in [2.24, 2.45) is 5.73 Å². The minimum Gasteiger partial charge on any atom is -0.490 e. The molecule has 5 rings (SSSR count). The Labute approximate surface area is 311 Å². The molecule has 4 atom stereocenters. The van der Waals surface area contributed by atoms with Gasteiger partial charge >= 0.3 is 0 Å². The number of nitrogens with zero attached hydrogens (tertiary/aromatic N) is 2. The van der Waals surface area contributed by atoms with E-state index in [2.05, 4.69) is 35.2 Å². The van der Waals surface area contributed by atoms with Gasteiger partial charge in [-0.2, -0.15) is 4.31 Å². The van der Waals surface area contributed by atoms with Crippen molar-refractivity contribution in [3.8, 4) is 5.75 Å². The molecule has 0 amide bonds. The van der Waals surface area contributed by atoms with E-state index in [1.54, 1.807) is 23.5 Å². The molecule has 2 heterocycles. The molecule has 2 aliphatic rings. The SMILES string of the molecule is CCO[C@H](C)COCc1ccc([C@H]2C[C@H](CC(C)(C)N)N(S(=O)(=O)c3ccc(C)cc3)C[C@@H]2OCc2ccc3c(c2)N(CCCOC)CCO3)cc1. The van der Waals surface area contributed by atoms with E-state index in [0.717, 1.165) is 53.2 Å². The van der Waals surface area contributed by atoms with Gasteiger partial charge in [-0.05, 0) is 94.8 Å². The molecule has 1 fully saturated rings. The maximum atomic E-state index is 14.4. The standard InChI is InChI=1S/C41H59N3O7S/c1-7-49-31(3)27-48-28-32-11-14-34(15-12-32)37-24-35(25-41(4,5)42)44(52(45,46)36-16-9-30(2)10-17-36)26-40(37)51-29-33-13-18-39-38(23-33)43(20-22-50-39)19-8-21-47-6/h9-18,23,31,35,37,40H,7-8,19-22,24-29,42H2,1-6H3/t31-,35-,37-,40+/m1/s1. The summed E-state index contributed by atoms with van der Waals surface area (Å²) in [6.07, 6.45) is 1.63. The van der Waals surface area contributed by atoms with Crippen molar-refractivity contribution in [2.75, 3.05) is 58.1 Å². The molecular weight excluding hydrogens is 679 g/mol. The number of benzene rings is 3. The summed E-state index contributed by atoms with van der Waals surface area (Å²) in [6, 6.07) is 21.4. The van der Waals surface area contributed by atoms with E-state index in [9.17, 15) is 8.42 Å². The molecule has 2 aliphatic heterocycles. The number of anilines is 1. The molecular formula is C41H59N3O7S. The summed E-state index contributed by atoms with van der Waals surface area (Å²) in [5, 5.41) is 0. The second kappa shape index (κ2) is 18.3. The summed E-state index contributed by atoms with van der Waals surface area (Å²) in [4.78, 5) is 2.61. The Morgan fingerprint density at radius 3 is 2.44 bits per heavy atom. The zero-order valence-electron chi connectivity index (χ0n) is 31.9. The van der Waals surface area contributed by atoms with Crippen molar-refractivity contribution >= 4 is 15.7 Å². The predicted molar refractivity (Wildman–Crippen MR) is 206 cm³/mol. The van der Waals surface area contributed by atoms with Gasteiger partial charge in [0.1, 0.15) is 12.4 Å². The van der Waals surface area contributed by atoms with Gasteiger partial charge < -0.3 is 34.3 Å². The van der Waals surface area contributed by atoms with E-state index in [-0.39, 0.29) is 29.5 Å². The van der Waals surface area contributed by atoms with E-state index in [1.165, 1.54) is 0 Å². The number of hydrogen-bond donors (Lipinski definition) is 1. The van der Waals surface area contributed by atoms with Gasteiger partial charge in [0, 0.05) is 50.9 Å². The lowest BCUT2D eigenvalue weighted by Crippen LogP contribution is -2.55. The van der Waals surface area contributed by atoms with Gasteiger partial charge in [-0.15, -0.1) is 0 Å². The lowest BCUT2D eigenvalue weighted by atomic mass is 9.80. The van der Waals surface area contributed by atoms with E-state index < -0.39 is 21.7 Å². The Kier molecular flexibility index (Phi) is 14.2. The summed E-state index contributed by atoms with van der Waals surface area (Å²) in [6.45, 7) is 15.1. The predicted octanol–water partition coefficient (Wildman–Crippen LogP) is 6.43. The number of fused-ring (bicyclic) bond motifs is 1. The van der Waals surface area contributed by atoms with Crippen LogP contribution in [0.25, 0.3) is 0 Å².